The predicted octanol–water partition coefficient (Wildman–Crippen LogP) is 4.00. The van der Waals surface area contributed by atoms with Gasteiger partial charge in [0.2, 0.25) is 5.91 Å². The zero-order chi connectivity index (χ0) is 16.8. The average molecular weight is 359 g/mol. The van der Waals surface area contributed by atoms with Crippen LogP contribution in [-0.4, -0.2) is 26.6 Å². The van der Waals surface area contributed by atoms with Gasteiger partial charge in [-0.3, -0.25) is 9.78 Å². The number of H-pyrrole nitrogens is 1. The van der Waals surface area contributed by atoms with Crippen LogP contribution < -0.4 is 5.32 Å². The molecule has 24 heavy (non-hydrogen) atoms. The van der Waals surface area contributed by atoms with Crippen molar-refractivity contribution in [1.82, 2.24) is 15.0 Å². The second-order valence-electron chi connectivity index (χ2n) is 5.03. The van der Waals surface area contributed by atoms with E-state index in [-0.39, 0.29) is 5.91 Å². The molecular weight excluding hydrogens is 344 g/mol. The van der Waals surface area contributed by atoms with E-state index in [0.717, 1.165) is 17.1 Å². The maximum Gasteiger partial charge on any atom is 0.234 e. The molecule has 3 rings (SSSR count). The molecule has 5 nitrogen and oxygen atoms in total. The minimum Gasteiger partial charge on any atom is -0.341 e. The monoisotopic (exact) mass is 358 g/mol. The number of nitrogens with one attached hydrogen (secondary N) is 2. The minimum atomic E-state index is -0.0665. The Morgan fingerprint density at radius 3 is 2.88 bits per heavy atom. The number of anilines is 1. The van der Waals surface area contributed by atoms with Gasteiger partial charge >= 0.3 is 0 Å². The highest BCUT2D eigenvalue weighted by Crippen LogP contribution is 2.18. The number of carbonyl (C=O) groups excluding carboxylic acids is 1. The van der Waals surface area contributed by atoms with Crippen molar-refractivity contribution in [2.75, 3.05) is 11.1 Å². The summed E-state index contributed by atoms with van der Waals surface area (Å²) in [5.41, 5.74) is 2.68. The van der Waals surface area contributed by atoms with Gasteiger partial charge in [-0.05, 0) is 30.3 Å². The van der Waals surface area contributed by atoms with Gasteiger partial charge in [0.15, 0.2) is 0 Å². The summed E-state index contributed by atoms with van der Waals surface area (Å²) in [6.45, 7) is 0. The van der Waals surface area contributed by atoms with Crippen LogP contribution in [0.2, 0.25) is 5.02 Å². The number of amides is 1. The molecule has 0 bridgehead atoms. The first kappa shape index (κ1) is 16.5. The fourth-order valence-corrected chi connectivity index (χ4v) is 3.01. The molecule has 1 aromatic carbocycles. The first-order chi connectivity index (χ1) is 11.7. The number of pyridine rings is 1. The van der Waals surface area contributed by atoms with E-state index < -0.39 is 0 Å². The van der Waals surface area contributed by atoms with Gasteiger partial charge in [-0.25, -0.2) is 4.98 Å². The number of aromatic amines is 1. The largest absolute Gasteiger partial charge is 0.341 e. The molecule has 7 heteroatoms. The summed E-state index contributed by atoms with van der Waals surface area (Å²) in [5.74, 6) is 1.75. The molecule has 0 saturated carbocycles. The number of aromatic nitrogens is 3. The van der Waals surface area contributed by atoms with Crippen molar-refractivity contribution < 1.29 is 4.79 Å². The Bertz CT molecular complexity index is 822. The maximum absolute atomic E-state index is 11.9. The summed E-state index contributed by atoms with van der Waals surface area (Å²) in [5, 5.41) is 3.42. The van der Waals surface area contributed by atoms with E-state index in [1.165, 1.54) is 11.8 Å². The summed E-state index contributed by atoms with van der Waals surface area (Å²) in [4.78, 5) is 23.5. The molecule has 2 N–H and O–H groups in total. The number of rotatable bonds is 6. The Kier molecular flexibility index (Phi) is 5.51. The molecule has 0 saturated heterocycles. The number of carbonyl (C=O) groups is 1. The maximum atomic E-state index is 11.9. The zero-order valence-corrected chi connectivity index (χ0v) is 14.3. The molecule has 0 atom stereocenters. The number of thioether (sulfide) groups is 1. The fourth-order valence-electron chi connectivity index (χ4n) is 2.12. The molecule has 0 unspecified atom stereocenters. The molecule has 0 aliphatic heterocycles. The van der Waals surface area contributed by atoms with E-state index in [1.807, 2.05) is 18.2 Å². The Labute approximate surface area is 148 Å². The number of hydrogen-bond donors (Lipinski definition) is 2. The summed E-state index contributed by atoms with van der Waals surface area (Å²) < 4.78 is 0. The highest BCUT2D eigenvalue weighted by Gasteiger charge is 2.06. The lowest BCUT2D eigenvalue weighted by Crippen LogP contribution is -2.14. The molecule has 122 valence electrons. The molecule has 1 amide bonds. The fraction of sp³-hybridized carbons (Fsp3) is 0.118. The molecule has 0 aliphatic carbocycles. The number of benzene rings is 1. The van der Waals surface area contributed by atoms with Crippen LogP contribution in [0.3, 0.4) is 0 Å². The van der Waals surface area contributed by atoms with E-state index in [9.17, 15) is 4.79 Å². The second-order valence-corrected chi connectivity index (χ2v) is 6.45. The number of imidazole rings is 1. The standard InChI is InChI=1S/C17H15ClN4OS/c18-13-2-1-3-14(8-13)21-17(23)11-24-10-16-20-9-15(22-16)12-4-6-19-7-5-12/h1-9H,10-11H2,(H,20,22)(H,21,23). The van der Waals surface area contributed by atoms with Crippen LogP contribution >= 0.6 is 23.4 Å². The smallest absolute Gasteiger partial charge is 0.234 e. The summed E-state index contributed by atoms with van der Waals surface area (Å²) in [6, 6.07) is 10.9. The molecule has 3 aromatic rings. The summed E-state index contributed by atoms with van der Waals surface area (Å²) in [7, 11) is 0. The lowest BCUT2D eigenvalue weighted by atomic mass is 10.2. The normalized spacial score (nSPS) is 10.5. The Hall–Kier alpha value is -2.31. The number of nitrogens with zero attached hydrogens (tertiary/aromatic N) is 2. The molecule has 0 spiro atoms. The van der Waals surface area contributed by atoms with E-state index in [2.05, 4.69) is 20.3 Å². The summed E-state index contributed by atoms with van der Waals surface area (Å²) in [6.07, 6.45) is 5.27. The van der Waals surface area contributed by atoms with Gasteiger partial charge in [-0.2, -0.15) is 0 Å². The Balaban J connectivity index is 1.48. The third-order valence-corrected chi connectivity index (χ3v) is 4.38. The van der Waals surface area contributed by atoms with Gasteiger partial charge in [-0.1, -0.05) is 17.7 Å². The third kappa shape index (κ3) is 4.59. The van der Waals surface area contributed by atoms with Crippen LogP contribution in [-0.2, 0) is 10.5 Å². The van der Waals surface area contributed by atoms with Crippen LogP contribution in [0.1, 0.15) is 5.82 Å². The summed E-state index contributed by atoms with van der Waals surface area (Å²) >= 11 is 7.39. The van der Waals surface area contributed by atoms with Crippen LogP contribution in [0.4, 0.5) is 5.69 Å². The third-order valence-electron chi connectivity index (χ3n) is 3.20. The van der Waals surface area contributed by atoms with Crippen molar-refractivity contribution in [2.24, 2.45) is 0 Å². The van der Waals surface area contributed by atoms with E-state index >= 15 is 0 Å². The number of hydrogen-bond acceptors (Lipinski definition) is 4. The van der Waals surface area contributed by atoms with Crippen molar-refractivity contribution >= 4 is 35.0 Å². The van der Waals surface area contributed by atoms with Gasteiger partial charge in [0.1, 0.15) is 5.82 Å². The van der Waals surface area contributed by atoms with Crippen molar-refractivity contribution in [1.29, 1.82) is 0 Å². The van der Waals surface area contributed by atoms with Gasteiger partial charge in [0.25, 0.3) is 0 Å². The molecule has 0 radical (unpaired) electrons. The van der Waals surface area contributed by atoms with Crippen LogP contribution in [0, 0.1) is 0 Å². The van der Waals surface area contributed by atoms with Crippen LogP contribution in [0.25, 0.3) is 11.3 Å². The van der Waals surface area contributed by atoms with E-state index in [0.29, 0.717) is 22.2 Å². The van der Waals surface area contributed by atoms with Crippen molar-refractivity contribution in [2.45, 2.75) is 5.75 Å². The van der Waals surface area contributed by atoms with E-state index in [4.69, 9.17) is 11.6 Å². The highest BCUT2D eigenvalue weighted by molar-refractivity contribution is 7.99. The van der Waals surface area contributed by atoms with Crippen molar-refractivity contribution in [3.05, 3.63) is 65.8 Å². The molecular formula is C17H15ClN4OS. The molecule has 0 aliphatic rings. The topological polar surface area (TPSA) is 70.7 Å². The first-order valence-electron chi connectivity index (χ1n) is 7.28. The van der Waals surface area contributed by atoms with Gasteiger partial charge < -0.3 is 10.3 Å². The Morgan fingerprint density at radius 2 is 2.08 bits per heavy atom. The molecule has 2 aromatic heterocycles. The zero-order valence-electron chi connectivity index (χ0n) is 12.7. The minimum absolute atomic E-state index is 0.0665. The second kappa shape index (κ2) is 7.99. The van der Waals surface area contributed by atoms with Crippen molar-refractivity contribution in [3.63, 3.8) is 0 Å². The highest BCUT2D eigenvalue weighted by atomic mass is 35.5. The first-order valence-corrected chi connectivity index (χ1v) is 8.81. The van der Waals surface area contributed by atoms with Gasteiger partial charge in [0, 0.05) is 28.7 Å². The lowest BCUT2D eigenvalue weighted by Gasteiger charge is -2.05. The van der Waals surface area contributed by atoms with Gasteiger partial charge in [0.05, 0.1) is 23.4 Å². The predicted molar refractivity (Wildman–Crippen MR) is 98.1 cm³/mol. The van der Waals surface area contributed by atoms with Crippen LogP contribution in [0.15, 0.2) is 55.0 Å². The molecule has 0 fully saturated rings. The quantitative estimate of drug-likeness (QED) is 0.698. The lowest BCUT2D eigenvalue weighted by molar-refractivity contribution is -0.113. The average Bonchev–Trinajstić information content (AvgIpc) is 3.04. The Morgan fingerprint density at radius 1 is 1.25 bits per heavy atom. The van der Waals surface area contributed by atoms with Crippen LogP contribution in [0.5, 0.6) is 0 Å². The van der Waals surface area contributed by atoms with Gasteiger partial charge in [-0.15, -0.1) is 11.8 Å². The SMILES string of the molecule is O=C(CSCc1ncc(-c2ccncc2)[nH]1)Nc1cccc(Cl)c1. The molecule has 2 heterocycles. The number of halogens is 1. The van der Waals surface area contributed by atoms with E-state index in [1.54, 1.807) is 36.8 Å². The van der Waals surface area contributed by atoms with Crippen molar-refractivity contribution in [3.8, 4) is 11.3 Å².